The summed E-state index contributed by atoms with van der Waals surface area (Å²) < 4.78 is 1.77. The largest absolute Gasteiger partial charge is 0.338 e. The van der Waals surface area contributed by atoms with Crippen molar-refractivity contribution in [3.63, 3.8) is 0 Å². The molecule has 4 rings (SSSR count). The molecule has 2 aromatic carbocycles. The number of carbonyl (C=O) groups excluding carboxylic acids is 1. The van der Waals surface area contributed by atoms with E-state index in [2.05, 4.69) is 41.3 Å². The second-order valence-electron chi connectivity index (χ2n) is 6.89. The highest BCUT2D eigenvalue weighted by molar-refractivity contribution is 5.94. The van der Waals surface area contributed by atoms with E-state index in [1.807, 2.05) is 29.2 Å². The number of hydrogen-bond donors (Lipinski definition) is 0. The molecule has 1 unspecified atom stereocenters. The van der Waals surface area contributed by atoms with Crippen LogP contribution in [0.25, 0.3) is 0 Å². The molecule has 0 saturated heterocycles. The van der Waals surface area contributed by atoms with Gasteiger partial charge in [-0.1, -0.05) is 43.3 Å². The maximum Gasteiger partial charge on any atom is 0.253 e. The van der Waals surface area contributed by atoms with Crippen LogP contribution in [0.2, 0.25) is 0 Å². The van der Waals surface area contributed by atoms with Crippen LogP contribution in [0.1, 0.15) is 39.9 Å². The smallest absolute Gasteiger partial charge is 0.253 e. The van der Waals surface area contributed by atoms with Crippen LogP contribution in [0.3, 0.4) is 0 Å². The topological polar surface area (TPSA) is 51.0 Å². The minimum absolute atomic E-state index is 0.108. The van der Waals surface area contributed by atoms with Crippen LogP contribution in [-0.4, -0.2) is 38.7 Å². The van der Waals surface area contributed by atoms with Crippen LogP contribution in [0.15, 0.2) is 61.2 Å². The first-order valence-corrected chi connectivity index (χ1v) is 8.99. The molecule has 1 aromatic heterocycles. The molecule has 1 amide bonds. The van der Waals surface area contributed by atoms with Crippen LogP contribution in [0.5, 0.6) is 0 Å². The molecule has 2 heterocycles. The van der Waals surface area contributed by atoms with Crippen LogP contribution >= 0.6 is 0 Å². The first-order chi connectivity index (χ1) is 12.7. The van der Waals surface area contributed by atoms with Gasteiger partial charge in [-0.2, -0.15) is 5.10 Å². The van der Waals surface area contributed by atoms with E-state index >= 15 is 0 Å². The predicted molar refractivity (Wildman–Crippen MR) is 100 cm³/mol. The van der Waals surface area contributed by atoms with Gasteiger partial charge in [-0.15, -0.1) is 0 Å². The van der Waals surface area contributed by atoms with E-state index < -0.39 is 0 Å². The zero-order chi connectivity index (χ0) is 17.9. The lowest BCUT2D eigenvalue weighted by molar-refractivity contribution is 0.0754. The molecule has 26 heavy (non-hydrogen) atoms. The molecule has 1 aliphatic heterocycles. The van der Waals surface area contributed by atoms with Crippen molar-refractivity contribution in [1.82, 2.24) is 19.7 Å². The van der Waals surface area contributed by atoms with E-state index in [4.69, 9.17) is 0 Å². The normalized spacial score (nSPS) is 16.8. The van der Waals surface area contributed by atoms with Crippen molar-refractivity contribution in [1.29, 1.82) is 0 Å². The molecule has 0 aliphatic carbocycles. The molecular formula is C21H22N4O. The lowest BCUT2D eigenvalue weighted by Crippen LogP contribution is -2.34. The molecule has 0 bridgehead atoms. The average molecular weight is 346 g/mol. The Kier molecular flexibility index (Phi) is 4.52. The molecule has 1 aliphatic rings. The highest BCUT2D eigenvalue weighted by Crippen LogP contribution is 2.25. The van der Waals surface area contributed by atoms with E-state index in [-0.39, 0.29) is 5.91 Å². The van der Waals surface area contributed by atoms with Gasteiger partial charge in [0.05, 0.1) is 6.54 Å². The van der Waals surface area contributed by atoms with Crippen LogP contribution in [0, 0.1) is 0 Å². The fourth-order valence-electron chi connectivity index (χ4n) is 3.64. The fourth-order valence-corrected chi connectivity index (χ4v) is 3.64. The number of rotatable bonds is 3. The van der Waals surface area contributed by atoms with Crippen LogP contribution in [-0.2, 0) is 13.0 Å². The molecule has 0 saturated carbocycles. The van der Waals surface area contributed by atoms with Gasteiger partial charge in [0.1, 0.15) is 12.7 Å². The lowest BCUT2D eigenvalue weighted by atomic mass is 9.95. The molecule has 5 heteroatoms. The average Bonchev–Trinajstić information content (AvgIpc) is 3.12. The van der Waals surface area contributed by atoms with Crippen molar-refractivity contribution in [2.24, 2.45) is 0 Å². The monoisotopic (exact) mass is 346 g/mol. The third kappa shape index (κ3) is 3.38. The van der Waals surface area contributed by atoms with E-state index in [0.717, 1.165) is 30.6 Å². The lowest BCUT2D eigenvalue weighted by Gasteiger charge is -2.23. The maximum atomic E-state index is 13.0. The molecule has 1 atom stereocenters. The molecule has 0 fully saturated rings. The maximum absolute atomic E-state index is 13.0. The Morgan fingerprint density at radius 2 is 1.96 bits per heavy atom. The van der Waals surface area contributed by atoms with Crippen molar-refractivity contribution in [2.75, 3.05) is 13.1 Å². The molecule has 0 N–H and O–H groups in total. The summed E-state index contributed by atoms with van der Waals surface area (Å²) in [6.07, 6.45) is 4.13. The van der Waals surface area contributed by atoms with Crippen LogP contribution < -0.4 is 0 Å². The first kappa shape index (κ1) is 16.5. The van der Waals surface area contributed by atoms with Gasteiger partial charge in [0.25, 0.3) is 5.91 Å². The molecule has 0 radical (unpaired) electrons. The molecule has 132 valence electrons. The summed E-state index contributed by atoms with van der Waals surface area (Å²) in [5.41, 5.74) is 4.57. The number of hydrogen-bond acceptors (Lipinski definition) is 3. The van der Waals surface area contributed by atoms with Gasteiger partial charge in [-0.25, -0.2) is 9.67 Å². The number of carbonyl (C=O) groups is 1. The summed E-state index contributed by atoms with van der Waals surface area (Å²) in [4.78, 5) is 18.9. The molecular weight excluding hydrogens is 324 g/mol. The quantitative estimate of drug-likeness (QED) is 0.732. The summed E-state index contributed by atoms with van der Waals surface area (Å²) in [6.45, 7) is 4.38. The number of amides is 1. The summed E-state index contributed by atoms with van der Waals surface area (Å²) >= 11 is 0. The van der Waals surface area contributed by atoms with E-state index in [9.17, 15) is 4.79 Å². The number of aromatic nitrogens is 3. The van der Waals surface area contributed by atoms with Gasteiger partial charge in [0, 0.05) is 18.7 Å². The first-order valence-electron chi connectivity index (χ1n) is 8.99. The summed E-state index contributed by atoms with van der Waals surface area (Å²) in [6, 6.07) is 16.3. The van der Waals surface area contributed by atoms with Gasteiger partial charge in [-0.3, -0.25) is 4.79 Å². The third-order valence-corrected chi connectivity index (χ3v) is 5.03. The summed E-state index contributed by atoms with van der Waals surface area (Å²) in [7, 11) is 0. The van der Waals surface area contributed by atoms with Gasteiger partial charge in [0.15, 0.2) is 0 Å². The standard InChI is InChI=1S/C21H22N4O/c1-16-12-24(11-10-18-4-2-3-5-20(16)18)21(26)19-8-6-17(7-9-19)13-25-15-22-14-23-25/h2-9,14-16H,10-13H2,1H3. The predicted octanol–water partition coefficient (Wildman–Crippen LogP) is 3.13. The summed E-state index contributed by atoms with van der Waals surface area (Å²) in [5.74, 6) is 0.459. The molecule has 5 nitrogen and oxygen atoms in total. The Balaban J connectivity index is 1.47. The minimum atomic E-state index is 0.108. The van der Waals surface area contributed by atoms with E-state index in [1.165, 1.54) is 17.5 Å². The Hall–Kier alpha value is -2.95. The Morgan fingerprint density at radius 3 is 2.73 bits per heavy atom. The van der Waals surface area contributed by atoms with Crippen molar-refractivity contribution >= 4 is 5.91 Å². The highest BCUT2D eigenvalue weighted by atomic mass is 16.2. The van der Waals surface area contributed by atoms with Crippen molar-refractivity contribution in [3.8, 4) is 0 Å². The van der Waals surface area contributed by atoms with Crippen molar-refractivity contribution in [2.45, 2.75) is 25.8 Å². The Morgan fingerprint density at radius 1 is 1.15 bits per heavy atom. The second-order valence-corrected chi connectivity index (χ2v) is 6.89. The van der Waals surface area contributed by atoms with E-state index in [0.29, 0.717) is 12.5 Å². The van der Waals surface area contributed by atoms with E-state index in [1.54, 1.807) is 11.0 Å². The highest BCUT2D eigenvalue weighted by Gasteiger charge is 2.23. The zero-order valence-corrected chi connectivity index (χ0v) is 14.9. The molecule has 3 aromatic rings. The van der Waals surface area contributed by atoms with Crippen LogP contribution in [0.4, 0.5) is 0 Å². The number of fused-ring (bicyclic) bond motifs is 1. The fraction of sp³-hybridized carbons (Fsp3) is 0.286. The minimum Gasteiger partial charge on any atom is -0.338 e. The Labute approximate surface area is 153 Å². The number of nitrogens with zero attached hydrogens (tertiary/aromatic N) is 4. The van der Waals surface area contributed by atoms with Gasteiger partial charge < -0.3 is 4.90 Å². The van der Waals surface area contributed by atoms with Gasteiger partial charge in [-0.05, 0) is 41.2 Å². The third-order valence-electron chi connectivity index (χ3n) is 5.03. The summed E-state index contributed by atoms with van der Waals surface area (Å²) in [5, 5.41) is 4.11. The zero-order valence-electron chi connectivity index (χ0n) is 14.9. The Bertz CT molecular complexity index is 887. The number of benzene rings is 2. The van der Waals surface area contributed by atoms with Crippen molar-refractivity contribution < 1.29 is 4.79 Å². The second kappa shape index (κ2) is 7.12. The SMILES string of the molecule is CC1CN(C(=O)c2ccc(Cn3cncn3)cc2)CCc2ccccc21. The van der Waals surface area contributed by atoms with Gasteiger partial charge >= 0.3 is 0 Å². The van der Waals surface area contributed by atoms with Gasteiger partial charge in [0.2, 0.25) is 0 Å². The van der Waals surface area contributed by atoms with Crippen molar-refractivity contribution in [3.05, 3.63) is 83.4 Å². The molecule has 0 spiro atoms.